The monoisotopic (exact) mass is 877 g/mol. The summed E-state index contributed by atoms with van der Waals surface area (Å²) in [4.78, 5) is 25.4. The van der Waals surface area contributed by atoms with Gasteiger partial charge in [0.15, 0.2) is 6.10 Å². The fraction of sp³-hybridized carbons (Fsp3) is 0.965. The van der Waals surface area contributed by atoms with E-state index >= 15 is 0 Å². The summed E-state index contributed by atoms with van der Waals surface area (Å²) < 4.78 is 17.5. The van der Waals surface area contributed by atoms with Crippen molar-refractivity contribution in [1.82, 2.24) is 0 Å². The normalized spacial score (nSPS) is 12.0. The Bertz CT molecular complexity index is 860. The van der Waals surface area contributed by atoms with Crippen LogP contribution in [0, 0.1) is 0 Å². The minimum Gasteiger partial charge on any atom is -0.462 e. The Morgan fingerprint density at radius 3 is 0.823 bits per heavy atom. The fourth-order valence-corrected chi connectivity index (χ4v) is 8.87. The maximum Gasteiger partial charge on any atom is 0.306 e. The van der Waals surface area contributed by atoms with Crippen molar-refractivity contribution in [2.75, 3.05) is 19.8 Å². The Balaban J connectivity index is 4.13. The molecule has 5 heteroatoms. The number of esters is 2. The summed E-state index contributed by atoms with van der Waals surface area (Å²) in [5.74, 6) is -0.368. The Morgan fingerprint density at radius 1 is 0.290 bits per heavy atom. The summed E-state index contributed by atoms with van der Waals surface area (Å²) in [6.07, 6.45) is 61.2. The van der Waals surface area contributed by atoms with Crippen molar-refractivity contribution in [2.24, 2.45) is 0 Å². The number of rotatable bonds is 54. The summed E-state index contributed by atoms with van der Waals surface area (Å²) in [7, 11) is 0. The molecule has 0 aliphatic rings. The second-order valence-corrected chi connectivity index (χ2v) is 19.6. The summed E-state index contributed by atoms with van der Waals surface area (Å²) in [6, 6.07) is 0. The van der Waals surface area contributed by atoms with Crippen LogP contribution < -0.4 is 0 Å². The van der Waals surface area contributed by atoms with E-state index in [0.717, 1.165) is 32.1 Å². The van der Waals surface area contributed by atoms with Gasteiger partial charge in [-0.25, -0.2) is 0 Å². The van der Waals surface area contributed by atoms with Gasteiger partial charge in [0.05, 0.1) is 6.61 Å². The Kier molecular flexibility index (Phi) is 53.3. The number of hydrogen-bond acceptors (Lipinski definition) is 5. The van der Waals surface area contributed by atoms with Gasteiger partial charge in [-0.05, 0) is 19.3 Å². The highest BCUT2D eigenvalue weighted by molar-refractivity contribution is 5.70. The van der Waals surface area contributed by atoms with Crippen molar-refractivity contribution < 1.29 is 23.8 Å². The molecule has 0 heterocycles. The van der Waals surface area contributed by atoms with Crippen LogP contribution in [0.1, 0.15) is 329 Å². The molecule has 1 atom stereocenters. The molecule has 0 rings (SSSR count). The fourth-order valence-electron chi connectivity index (χ4n) is 8.87. The van der Waals surface area contributed by atoms with Gasteiger partial charge in [-0.2, -0.15) is 0 Å². The van der Waals surface area contributed by atoms with Crippen LogP contribution in [0.2, 0.25) is 0 Å². The molecule has 0 aliphatic carbocycles. The summed E-state index contributed by atoms with van der Waals surface area (Å²) in [5.41, 5.74) is 0. The van der Waals surface area contributed by atoms with Crippen molar-refractivity contribution in [1.29, 1.82) is 0 Å². The zero-order valence-corrected chi connectivity index (χ0v) is 42.7. The molecular weight excluding hydrogens is 765 g/mol. The van der Waals surface area contributed by atoms with Gasteiger partial charge < -0.3 is 14.2 Å². The molecule has 370 valence electrons. The highest BCUT2D eigenvalue weighted by atomic mass is 16.6. The predicted molar refractivity (Wildman–Crippen MR) is 270 cm³/mol. The minimum absolute atomic E-state index is 0.0981. The molecule has 0 bridgehead atoms. The summed E-state index contributed by atoms with van der Waals surface area (Å²) in [6.45, 7) is 7.92. The van der Waals surface area contributed by atoms with Crippen LogP contribution in [0.25, 0.3) is 0 Å². The number of hydrogen-bond donors (Lipinski definition) is 0. The van der Waals surface area contributed by atoms with Crippen molar-refractivity contribution in [3.63, 3.8) is 0 Å². The third-order valence-electron chi connectivity index (χ3n) is 13.1. The second kappa shape index (κ2) is 54.2. The average Bonchev–Trinajstić information content (AvgIpc) is 3.27. The zero-order valence-electron chi connectivity index (χ0n) is 42.7. The Labute approximate surface area is 389 Å². The van der Waals surface area contributed by atoms with Crippen LogP contribution in [-0.4, -0.2) is 37.9 Å². The Hall–Kier alpha value is -1.10. The van der Waals surface area contributed by atoms with E-state index in [9.17, 15) is 9.59 Å². The van der Waals surface area contributed by atoms with E-state index < -0.39 is 6.10 Å². The van der Waals surface area contributed by atoms with E-state index in [2.05, 4.69) is 20.8 Å². The molecule has 0 spiro atoms. The second-order valence-electron chi connectivity index (χ2n) is 19.6. The number of carbonyl (C=O) groups excluding carboxylic acids is 2. The van der Waals surface area contributed by atoms with Crippen molar-refractivity contribution in [2.45, 2.75) is 335 Å². The van der Waals surface area contributed by atoms with Crippen LogP contribution >= 0.6 is 0 Å². The lowest BCUT2D eigenvalue weighted by Gasteiger charge is -2.18. The summed E-state index contributed by atoms with van der Waals surface area (Å²) >= 11 is 0. The van der Waals surface area contributed by atoms with Crippen LogP contribution in [-0.2, 0) is 23.8 Å². The van der Waals surface area contributed by atoms with Crippen LogP contribution in [0.5, 0.6) is 0 Å². The van der Waals surface area contributed by atoms with Gasteiger partial charge in [-0.15, -0.1) is 0 Å². The quantitative estimate of drug-likeness (QED) is 0.0450. The highest BCUT2D eigenvalue weighted by Gasteiger charge is 2.17. The van der Waals surface area contributed by atoms with Gasteiger partial charge in [-0.3, -0.25) is 9.59 Å². The third-order valence-corrected chi connectivity index (χ3v) is 13.1. The first-order chi connectivity index (χ1) is 30.6. The van der Waals surface area contributed by atoms with E-state index in [1.54, 1.807) is 0 Å². The molecule has 0 aliphatic heterocycles. The first kappa shape index (κ1) is 60.9. The van der Waals surface area contributed by atoms with Crippen molar-refractivity contribution in [3.8, 4) is 0 Å². The van der Waals surface area contributed by atoms with Gasteiger partial charge in [0.1, 0.15) is 6.61 Å². The van der Waals surface area contributed by atoms with Crippen LogP contribution in [0.15, 0.2) is 0 Å². The van der Waals surface area contributed by atoms with Crippen LogP contribution in [0.3, 0.4) is 0 Å². The molecule has 0 radical (unpaired) electrons. The molecule has 0 saturated carbocycles. The van der Waals surface area contributed by atoms with E-state index in [1.165, 1.54) is 263 Å². The topological polar surface area (TPSA) is 61.8 Å². The maximum absolute atomic E-state index is 12.8. The molecule has 0 fully saturated rings. The molecule has 0 N–H and O–H groups in total. The van der Waals surface area contributed by atoms with E-state index in [-0.39, 0.29) is 18.5 Å². The molecule has 0 amide bonds. The molecule has 0 aromatic heterocycles. The maximum atomic E-state index is 12.8. The molecule has 62 heavy (non-hydrogen) atoms. The van der Waals surface area contributed by atoms with Gasteiger partial charge in [-0.1, -0.05) is 297 Å². The summed E-state index contributed by atoms with van der Waals surface area (Å²) in [5, 5.41) is 0. The number of ether oxygens (including phenoxy) is 3. The first-order valence-corrected chi connectivity index (χ1v) is 28.6. The molecule has 5 nitrogen and oxygen atoms in total. The molecule has 0 aromatic rings. The SMILES string of the molecule is CCCCCCCCCCCCCCCCCCCCCCOCC(COC(=O)CCCCCCCCCCCCCCC)OC(=O)CCCCCCCCCCCCCCC. The molecule has 0 aromatic carbocycles. The van der Waals surface area contributed by atoms with Gasteiger partial charge in [0, 0.05) is 19.4 Å². The number of carbonyl (C=O) groups is 2. The van der Waals surface area contributed by atoms with Gasteiger partial charge in [0.25, 0.3) is 0 Å². The van der Waals surface area contributed by atoms with E-state index in [0.29, 0.717) is 26.1 Å². The lowest BCUT2D eigenvalue weighted by molar-refractivity contribution is -0.163. The predicted octanol–water partition coefficient (Wildman–Crippen LogP) is 19.2. The van der Waals surface area contributed by atoms with Crippen molar-refractivity contribution in [3.05, 3.63) is 0 Å². The van der Waals surface area contributed by atoms with Crippen molar-refractivity contribution >= 4 is 11.9 Å². The first-order valence-electron chi connectivity index (χ1n) is 28.6. The standard InChI is InChI=1S/C57H112O5/c1-4-7-10-13-16-19-22-25-26-27-28-29-30-31-34-37-40-43-46-49-52-60-53-55(62-57(59)51-48-45-42-39-36-33-24-21-18-15-12-9-6-3)54-61-56(58)50-47-44-41-38-35-32-23-20-17-14-11-8-5-2/h55H,4-54H2,1-3H3. The lowest BCUT2D eigenvalue weighted by atomic mass is 10.0. The molecule has 1 unspecified atom stereocenters. The lowest BCUT2D eigenvalue weighted by Crippen LogP contribution is -2.30. The van der Waals surface area contributed by atoms with Gasteiger partial charge in [0.2, 0.25) is 0 Å². The molecule has 0 saturated heterocycles. The zero-order chi connectivity index (χ0) is 44.9. The number of unbranched alkanes of at least 4 members (excludes halogenated alkanes) is 43. The van der Waals surface area contributed by atoms with E-state index in [4.69, 9.17) is 14.2 Å². The van der Waals surface area contributed by atoms with Gasteiger partial charge >= 0.3 is 11.9 Å². The Morgan fingerprint density at radius 2 is 0.532 bits per heavy atom. The average molecular weight is 878 g/mol. The largest absolute Gasteiger partial charge is 0.462 e. The van der Waals surface area contributed by atoms with E-state index in [1.807, 2.05) is 0 Å². The minimum atomic E-state index is -0.523. The third kappa shape index (κ3) is 51.5. The smallest absolute Gasteiger partial charge is 0.306 e. The molecular formula is C57H112O5. The highest BCUT2D eigenvalue weighted by Crippen LogP contribution is 2.17. The van der Waals surface area contributed by atoms with Crippen LogP contribution in [0.4, 0.5) is 0 Å².